The predicted octanol–water partition coefficient (Wildman–Crippen LogP) is 2.91. The monoisotopic (exact) mass is 198 g/mol. The van der Waals surface area contributed by atoms with Crippen LogP contribution >= 0.6 is 11.6 Å². The first-order valence-corrected chi connectivity index (χ1v) is 4.10. The minimum atomic E-state index is -0.278. The predicted molar refractivity (Wildman–Crippen MR) is 51.0 cm³/mol. The van der Waals surface area contributed by atoms with Crippen LogP contribution in [0, 0.1) is 12.7 Å². The summed E-state index contributed by atoms with van der Waals surface area (Å²) in [6, 6.07) is 4.45. The lowest BCUT2D eigenvalue weighted by Gasteiger charge is -2.00. The molecule has 0 aliphatic rings. The van der Waals surface area contributed by atoms with Crippen molar-refractivity contribution in [3.63, 3.8) is 0 Å². The third-order valence-corrected chi connectivity index (χ3v) is 1.99. The molecule has 0 saturated heterocycles. The minimum absolute atomic E-state index is 0.278. The van der Waals surface area contributed by atoms with Gasteiger partial charge in [0.25, 0.3) is 0 Å². The maximum Gasteiger partial charge on any atom is 0.144 e. The second kappa shape index (κ2) is 4.19. The molecule has 0 aromatic heterocycles. The van der Waals surface area contributed by atoms with Crippen LogP contribution in [0.2, 0.25) is 0 Å². The number of hydrogen-bond donors (Lipinski definition) is 0. The summed E-state index contributed by atoms with van der Waals surface area (Å²) in [5.41, 5.74) is 1.16. The summed E-state index contributed by atoms with van der Waals surface area (Å²) in [4.78, 5) is 10.1. The highest BCUT2D eigenvalue weighted by molar-refractivity contribution is 6.49. The molecule has 1 rings (SSSR count). The van der Waals surface area contributed by atoms with Crippen molar-refractivity contribution in [1.29, 1.82) is 0 Å². The summed E-state index contributed by atoms with van der Waals surface area (Å²) in [5, 5.41) is 0.318. The van der Waals surface area contributed by atoms with Crippen LogP contribution in [0.5, 0.6) is 0 Å². The van der Waals surface area contributed by atoms with Crippen molar-refractivity contribution in [1.82, 2.24) is 0 Å². The van der Waals surface area contributed by atoms with Gasteiger partial charge in [-0.3, -0.25) is 4.79 Å². The Morgan fingerprint density at radius 2 is 2.23 bits per heavy atom. The zero-order chi connectivity index (χ0) is 9.84. The first-order valence-electron chi connectivity index (χ1n) is 3.72. The Bertz CT molecular complexity index is 358. The van der Waals surface area contributed by atoms with Gasteiger partial charge < -0.3 is 0 Å². The van der Waals surface area contributed by atoms with Gasteiger partial charge >= 0.3 is 0 Å². The Balaban J connectivity index is 3.10. The molecule has 68 valence electrons. The van der Waals surface area contributed by atoms with Gasteiger partial charge in [-0.15, -0.1) is 0 Å². The minimum Gasteiger partial charge on any atom is -0.299 e. The van der Waals surface area contributed by atoms with Crippen molar-refractivity contribution in [2.45, 2.75) is 6.92 Å². The smallest absolute Gasteiger partial charge is 0.144 e. The molecule has 0 unspecified atom stereocenters. The molecule has 0 N–H and O–H groups in total. The molecule has 0 spiro atoms. The number of hydrogen-bond acceptors (Lipinski definition) is 1. The molecule has 0 amide bonds. The van der Waals surface area contributed by atoms with Crippen LogP contribution in [-0.2, 0) is 4.79 Å². The van der Waals surface area contributed by atoms with Crippen LogP contribution in [0.15, 0.2) is 24.3 Å². The van der Waals surface area contributed by atoms with Gasteiger partial charge in [0.2, 0.25) is 0 Å². The molecule has 13 heavy (non-hydrogen) atoms. The SMILES string of the molecule is Cc1cc(C(Cl)=CC=O)ccc1F. The van der Waals surface area contributed by atoms with E-state index in [0.29, 0.717) is 22.4 Å². The third kappa shape index (κ3) is 2.39. The van der Waals surface area contributed by atoms with Crippen molar-refractivity contribution >= 4 is 22.9 Å². The molecule has 0 atom stereocenters. The molecular formula is C10H8ClFO. The molecule has 1 aromatic rings. The van der Waals surface area contributed by atoms with Gasteiger partial charge in [0, 0.05) is 0 Å². The van der Waals surface area contributed by atoms with Crippen LogP contribution in [0.25, 0.3) is 5.03 Å². The van der Waals surface area contributed by atoms with E-state index in [1.165, 1.54) is 18.2 Å². The van der Waals surface area contributed by atoms with Crippen molar-refractivity contribution in [3.05, 3.63) is 41.2 Å². The molecular weight excluding hydrogens is 191 g/mol. The van der Waals surface area contributed by atoms with E-state index < -0.39 is 0 Å². The molecule has 0 fully saturated rings. The standard InChI is InChI=1S/C10H8ClFO/c1-7-6-8(2-3-10(7)12)9(11)4-5-13/h2-6H,1H3. The van der Waals surface area contributed by atoms with Gasteiger partial charge in [-0.2, -0.15) is 0 Å². The van der Waals surface area contributed by atoms with Crippen molar-refractivity contribution in [2.24, 2.45) is 0 Å². The summed E-state index contributed by atoms with van der Waals surface area (Å²) in [7, 11) is 0. The summed E-state index contributed by atoms with van der Waals surface area (Å²) in [6.07, 6.45) is 1.83. The Morgan fingerprint density at radius 3 is 2.77 bits per heavy atom. The number of aldehydes is 1. The average molecular weight is 199 g/mol. The van der Waals surface area contributed by atoms with Gasteiger partial charge in [0.1, 0.15) is 12.1 Å². The highest BCUT2D eigenvalue weighted by Gasteiger charge is 2.01. The number of aryl methyl sites for hydroxylation is 1. The van der Waals surface area contributed by atoms with E-state index in [0.717, 1.165) is 0 Å². The lowest BCUT2D eigenvalue weighted by molar-refractivity contribution is -0.104. The fourth-order valence-electron chi connectivity index (χ4n) is 0.949. The molecule has 1 nitrogen and oxygen atoms in total. The second-order valence-electron chi connectivity index (χ2n) is 2.61. The Kier molecular flexibility index (Phi) is 3.20. The summed E-state index contributed by atoms with van der Waals surface area (Å²) in [5.74, 6) is -0.278. The van der Waals surface area contributed by atoms with Gasteiger partial charge in [0.15, 0.2) is 0 Å². The number of halogens is 2. The van der Waals surface area contributed by atoms with E-state index in [1.54, 1.807) is 13.0 Å². The molecule has 1 aromatic carbocycles. The van der Waals surface area contributed by atoms with E-state index in [1.807, 2.05) is 0 Å². The Morgan fingerprint density at radius 1 is 1.54 bits per heavy atom. The molecule has 0 heterocycles. The van der Waals surface area contributed by atoms with E-state index in [9.17, 15) is 9.18 Å². The lowest BCUT2D eigenvalue weighted by Crippen LogP contribution is -1.85. The maximum absolute atomic E-state index is 12.8. The Labute approximate surface area is 80.8 Å². The van der Waals surface area contributed by atoms with E-state index >= 15 is 0 Å². The van der Waals surface area contributed by atoms with Crippen molar-refractivity contribution in [2.75, 3.05) is 0 Å². The molecule has 0 saturated carbocycles. The van der Waals surface area contributed by atoms with Crippen molar-refractivity contribution < 1.29 is 9.18 Å². The van der Waals surface area contributed by atoms with Crippen LogP contribution in [0.4, 0.5) is 4.39 Å². The highest BCUT2D eigenvalue weighted by atomic mass is 35.5. The number of rotatable bonds is 2. The first-order chi connectivity index (χ1) is 6.15. The topological polar surface area (TPSA) is 17.1 Å². The van der Waals surface area contributed by atoms with E-state index in [2.05, 4.69) is 0 Å². The highest BCUT2D eigenvalue weighted by Crippen LogP contribution is 2.20. The molecule has 0 aliphatic heterocycles. The zero-order valence-corrected chi connectivity index (χ0v) is 7.81. The fourth-order valence-corrected chi connectivity index (χ4v) is 1.12. The third-order valence-electron chi connectivity index (χ3n) is 1.65. The van der Waals surface area contributed by atoms with Crippen LogP contribution < -0.4 is 0 Å². The second-order valence-corrected chi connectivity index (χ2v) is 3.02. The van der Waals surface area contributed by atoms with Gasteiger partial charge in [0.05, 0.1) is 5.03 Å². The summed E-state index contributed by atoms with van der Waals surface area (Å²) < 4.78 is 12.8. The summed E-state index contributed by atoms with van der Waals surface area (Å²) in [6.45, 7) is 1.64. The number of benzene rings is 1. The number of carbonyl (C=O) groups is 1. The van der Waals surface area contributed by atoms with Crippen LogP contribution in [-0.4, -0.2) is 6.29 Å². The normalized spacial score (nSPS) is 11.5. The lowest BCUT2D eigenvalue weighted by atomic mass is 10.1. The zero-order valence-electron chi connectivity index (χ0n) is 7.05. The van der Waals surface area contributed by atoms with E-state index in [-0.39, 0.29) is 5.82 Å². The first kappa shape index (κ1) is 9.93. The quantitative estimate of drug-likeness (QED) is 0.528. The van der Waals surface area contributed by atoms with Gasteiger partial charge in [-0.05, 0) is 36.3 Å². The van der Waals surface area contributed by atoms with Gasteiger partial charge in [-0.1, -0.05) is 17.7 Å². The molecule has 0 radical (unpaired) electrons. The molecule has 3 heteroatoms. The molecule has 0 bridgehead atoms. The largest absolute Gasteiger partial charge is 0.299 e. The van der Waals surface area contributed by atoms with Gasteiger partial charge in [-0.25, -0.2) is 4.39 Å². The van der Waals surface area contributed by atoms with Crippen molar-refractivity contribution in [3.8, 4) is 0 Å². The summed E-state index contributed by atoms with van der Waals surface area (Å²) >= 11 is 5.74. The maximum atomic E-state index is 12.8. The number of carbonyl (C=O) groups excluding carboxylic acids is 1. The Hall–Kier alpha value is -1.15. The van der Waals surface area contributed by atoms with Crippen LogP contribution in [0.1, 0.15) is 11.1 Å². The molecule has 0 aliphatic carbocycles. The fraction of sp³-hybridized carbons (Fsp3) is 0.100. The average Bonchev–Trinajstić information content (AvgIpc) is 2.10. The van der Waals surface area contributed by atoms with E-state index in [4.69, 9.17) is 11.6 Å². The number of allylic oxidation sites excluding steroid dienone is 1. The van der Waals surface area contributed by atoms with Crippen LogP contribution in [0.3, 0.4) is 0 Å².